The first-order valence-corrected chi connectivity index (χ1v) is 14.7. The number of nitrogens with zero attached hydrogens (tertiary/aromatic N) is 4. The molecule has 42 heavy (non-hydrogen) atoms. The number of amides is 3. The lowest BCUT2D eigenvalue weighted by atomic mass is 10.0. The highest BCUT2D eigenvalue weighted by molar-refractivity contribution is 8.00. The number of allylic oxidation sites excluding steroid dienone is 1. The minimum absolute atomic E-state index is 0.116. The van der Waals surface area contributed by atoms with Gasteiger partial charge in [-0.3, -0.25) is 19.3 Å². The molecule has 0 spiro atoms. The molecule has 3 aliphatic rings. The topological polar surface area (TPSA) is 192 Å². The van der Waals surface area contributed by atoms with Crippen LogP contribution >= 0.6 is 23.1 Å². The van der Waals surface area contributed by atoms with Crippen molar-refractivity contribution < 1.29 is 43.0 Å². The van der Waals surface area contributed by atoms with E-state index < -0.39 is 47.7 Å². The summed E-state index contributed by atoms with van der Waals surface area (Å²) in [6, 6.07) is -1.02. The molecule has 15 nitrogen and oxygen atoms in total. The number of likely N-dealkylation sites (tertiary alicyclic amines) is 1. The number of nitrogen functional groups attached to an aromatic ring is 1. The van der Waals surface area contributed by atoms with E-state index in [9.17, 15) is 24.0 Å². The zero-order valence-electron chi connectivity index (χ0n) is 23.4. The second kappa shape index (κ2) is 12.8. The molecule has 1 aromatic rings. The van der Waals surface area contributed by atoms with Gasteiger partial charge in [0, 0.05) is 37.2 Å². The first-order valence-electron chi connectivity index (χ1n) is 12.8. The van der Waals surface area contributed by atoms with Gasteiger partial charge in [-0.2, -0.15) is 0 Å². The maximum Gasteiger partial charge on any atom is 0.511 e. The molecule has 1 aromatic heterocycles. The fourth-order valence-corrected chi connectivity index (χ4v) is 6.17. The van der Waals surface area contributed by atoms with E-state index in [-0.39, 0.29) is 33.9 Å². The highest BCUT2D eigenvalue weighted by Crippen LogP contribution is 2.42. The number of β-lactam (4-membered cyclic amide) rings is 1. The van der Waals surface area contributed by atoms with Crippen molar-refractivity contribution in [1.29, 1.82) is 0 Å². The van der Waals surface area contributed by atoms with E-state index in [2.05, 4.69) is 15.5 Å². The summed E-state index contributed by atoms with van der Waals surface area (Å²) in [6.45, 7) is 5.10. The molecule has 3 aliphatic heterocycles. The summed E-state index contributed by atoms with van der Waals surface area (Å²) in [7, 11) is 2.93. The molecule has 0 saturated carbocycles. The van der Waals surface area contributed by atoms with Crippen molar-refractivity contribution in [2.24, 2.45) is 5.16 Å². The molecule has 0 bridgehead atoms. The van der Waals surface area contributed by atoms with Crippen LogP contribution in [-0.2, 0) is 38.2 Å². The van der Waals surface area contributed by atoms with Gasteiger partial charge in [0.1, 0.15) is 29.9 Å². The lowest BCUT2D eigenvalue weighted by Crippen LogP contribution is -2.71. The number of oxime groups is 1. The summed E-state index contributed by atoms with van der Waals surface area (Å²) in [5.74, 6) is -2.25. The summed E-state index contributed by atoms with van der Waals surface area (Å²) >= 11 is 2.39. The predicted molar refractivity (Wildman–Crippen MR) is 151 cm³/mol. The van der Waals surface area contributed by atoms with Crippen LogP contribution in [0.2, 0.25) is 0 Å². The number of rotatable bonds is 9. The number of thiazole rings is 1. The second-order valence-electron chi connectivity index (χ2n) is 9.58. The van der Waals surface area contributed by atoms with Gasteiger partial charge in [0.05, 0.1) is 6.10 Å². The average Bonchev–Trinajstić information content (AvgIpc) is 3.49. The molecule has 17 heteroatoms. The summed E-state index contributed by atoms with van der Waals surface area (Å²) in [5.41, 5.74) is 6.41. The van der Waals surface area contributed by atoms with Crippen molar-refractivity contribution in [2.45, 2.75) is 51.0 Å². The highest BCUT2D eigenvalue weighted by Gasteiger charge is 2.55. The number of aromatic nitrogens is 1. The van der Waals surface area contributed by atoms with Crippen LogP contribution in [0.4, 0.5) is 9.93 Å². The molecule has 4 heterocycles. The number of nitrogens with one attached hydrogen (secondary N) is 1. The molecular weight excluding hydrogens is 592 g/mol. The Balaban J connectivity index is 1.57. The number of nitrogens with two attached hydrogens (primary N) is 1. The number of hydrogen-bond acceptors (Lipinski definition) is 14. The number of ether oxygens (including phenoxy) is 3. The van der Waals surface area contributed by atoms with Gasteiger partial charge >= 0.3 is 12.1 Å². The van der Waals surface area contributed by atoms with Gasteiger partial charge in [-0.15, -0.1) is 23.1 Å². The molecule has 0 radical (unpaired) electrons. The summed E-state index contributed by atoms with van der Waals surface area (Å²) in [6.07, 6.45) is -0.781. The average molecular weight is 623 g/mol. The van der Waals surface area contributed by atoms with Crippen LogP contribution in [0.15, 0.2) is 33.5 Å². The fraction of sp³-hybridized carbons (Fsp3) is 0.480. The van der Waals surface area contributed by atoms with E-state index in [0.29, 0.717) is 24.1 Å². The second-order valence-corrected chi connectivity index (χ2v) is 11.6. The Kier molecular flexibility index (Phi) is 9.40. The van der Waals surface area contributed by atoms with E-state index in [1.54, 1.807) is 31.9 Å². The monoisotopic (exact) mass is 622 g/mol. The van der Waals surface area contributed by atoms with Crippen LogP contribution in [0.3, 0.4) is 0 Å². The van der Waals surface area contributed by atoms with E-state index in [1.807, 2.05) is 0 Å². The Labute approximate surface area is 249 Å². The van der Waals surface area contributed by atoms with Crippen LogP contribution in [0.1, 0.15) is 32.9 Å². The van der Waals surface area contributed by atoms with Gasteiger partial charge in [-0.25, -0.2) is 14.6 Å². The van der Waals surface area contributed by atoms with Crippen molar-refractivity contribution in [2.75, 3.05) is 32.2 Å². The van der Waals surface area contributed by atoms with Crippen molar-refractivity contribution in [3.8, 4) is 0 Å². The number of carbonyl (C=O) groups excluding carboxylic acids is 5. The lowest BCUT2D eigenvalue weighted by Gasteiger charge is -2.49. The fourth-order valence-electron chi connectivity index (χ4n) is 4.32. The summed E-state index contributed by atoms with van der Waals surface area (Å²) in [4.78, 5) is 75.9. The number of anilines is 1. The quantitative estimate of drug-likeness (QED) is 0.0992. The van der Waals surface area contributed by atoms with Gasteiger partial charge in [0.2, 0.25) is 12.2 Å². The Morgan fingerprint density at radius 2 is 1.95 bits per heavy atom. The molecule has 0 aliphatic carbocycles. The van der Waals surface area contributed by atoms with Gasteiger partial charge in [0.15, 0.2) is 10.8 Å². The molecule has 3 N–H and O–H groups in total. The minimum Gasteiger partial charge on any atom is -0.431 e. The Bertz CT molecular complexity index is 1390. The minimum atomic E-state index is -1.34. The molecule has 4 rings (SSSR count). The smallest absolute Gasteiger partial charge is 0.431 e. The number of carbonyl (C=O) groups is 5. The predicted octanol–water partition coefficient (Wildman–Crippen LogP) is 0.969. The van der Waals surface area contributed by atoms with E-state index in [0.717, 1.165) is 11.3 Å². The first-order chi connectivity index (χ1) is 19.9. The highest BCUT2D eigenvalue weighted by atomic mass is 32.2. The number of hydrogen-bond donors (Lipinski definition) is 2. The van der Waals surface area contributed by atoms with Gasteiger partial charge < -0.3 is 35.0 Å². The number of fused-ring (bicyclic) bond motifs is 1. The normalized spacial score (nSPS) is 22.1. The molecule has 3 atom stereocenters. The van der Waals surface area contributed by atoms with Crippen molar-refractivity contribution in [3.63, 3.8) is 0 Å². The third kappa shape index (κ3) is 6.51. The summed E-state index contributed by atoms with van der Waals surface area (Å²) < 4.78 is 15.2. The maximum atomic E-state index is 13.4. The first kappa shape index (κ1) is 30.8. The Hall–Kier alpha value is -4.12. The molecule has 0 aromatic carbocycles. The van der Waals surface area contributed by atoms with Gasteiger partial charge in [0.25, 0.3) is 11.8 Å². The van der Waals surface area contributed by atoms with E-state index >= 15 is 0 Å². The van der Waals surface area contributed by atoms with Crippen LogP contribution < -0.4 is 11.1 Å². The number of thioether (sulfide) groups is 1. The standard InChI is InChI=1S/C25H30N6O9S2/c1-11(2)38-25(36)40-12(3)39-23(35)18-14(8-13-6-7-30(4)20(13)33)9-41-22-17(21(34)31(18)22)28-19(32)16(29-37-5)15-10-42-24(26)27-15/h8,10-12,17,22H,6-7,9H2,1-5H3,(H2,26,27)(H,28,32). The maximum absolute atomic E-state index is 13.4. The van der Waals surface area contributed by atoms with Crippen LogP contribution in [0.5, 0.6) is 0 Å². The summed E-state index contributed by atoms with van der Waals surface area (Å²) in [5, 5.41) is 7.42. The van der Waals surface area contributed by atoms with Crippen molar-refractivity contribution in [1.82, 2.24) is 20.1 Å². The van der Waals surface area contributed by atoms with E-state index in [4.69, 9.17) is 24.8 Å². The number of likely N-dealkylation sites (N-methyl/N-ethyl adjacent to an activating group) is 1. The zero-order valence-corrected chi connectivity index (χ0v) is 25.1. The van der Waals surface area contributed by atoms with Crippen LogP contribution in [0.25, 0.3) is 0 Å². The molecule has 2 saturated heterocycles. The molecule has 3 unspecified atom stereocenters. The largest absolute Gasteiger partial charge is 0.511 e. The molecule has 2 fully saturated rings. The van der Waals surface area contributed by atoms with Crippen LogP contribution in [-0.4, -0.2) is 101 Å². The Morgan fingerprint density at radius 3 is 2.55 bits per heavy atom. The SMILES string of the molecule is CON=C(C(=O)NC1C(=O)N2C(C(=O)OC(C)OC(=O)OC(C)C)=C(C=C3CCN(C)C3=O)CSC12)c1csc(N)n1. The van der Waals surface area contributed by atoms with Gasteiger partial charge in [-0.1, -0.05) is 5.16 Å². The third-order valence-corrected chi connectivity index (χ3v) is 8.17. The molecule has 3 amide bonds. The number of esters is 1. The van der Waals surface area contributed by atoms with Crippen molar-refractivity contribution in [3.05, 3.63) is 34.0 Å². The zero-order chi connectivity index (χ0) is 30.7. The van der Waals surface area contributed by atoms with E-state index in [1.165, 1.54) is 36.1 Å². The molecular formula is C25H30N6O9S2. The van der Waals surface area contributed by atoms with Gasteiger partial charge in [-0.05, 0) is 31.9 Å². The molecule has 226 valence electrons. The lowest BCUT2D eigenvalue weighted by molar-refractivity contribution is -0.169. The van der Waals surface area contributed by atoms with Crippen LogP contribution in [0, 0.1) is 0 Å². The third-order valence-electron chi connectivity index (χ3n) is 6.19. The Morgan fingerprint density at radius 1 is 1.21 bits per heavy atom. The van der Waals surface area contributed by atoms with Crippen molar-refractivity contribution >= 4 is 63.8 Å².